The molecule has 0 bridgehead atoms. The van der Waals surface area contributed by atoms with Crippen molar-refractivity contribution in [2.45, 2.75) is 39.3 Å². The highest BCUT2D eigenvalue weighted by molar-refractivity contribution is 7.10. The molecule has 2 aromatic rings. The quantitative estimate of drug-likeness (QED) is 0.778. The maximum Gasteiger partial charge on any atom is 0.276 e. The molecule has 26 heavy (non-hydrogen) atoms. The van der Waals surface area contributed by atoms with Gasteiger partial charge in [0.2, 0.25) is 5.91 Å². The molecular formula is C17H24N4O3S2. The van der Waals surface area contributed by atoms with E-state index in [0.29, 0.717) is 6.61 Å². The Bertz CT molecular complexity index is 738. The first-order valence-corrected chi connectivity index (χ1v) is 9.89. The maximum absolute atomic E-state index is 13.1. The lowest BCUT2D eigenvalue weighted by atomic mass is 10.0. The molecule has 2 amide bonds. The molecule has 0 saturated heterocycles. The van der Waals surface area contributed by atoms with Crippen LogP contribution in [0.5, 0.6) is 0 Å². The summed E-state index contributed by atoms with van der Waals surface area (Å²) in [6, 6.07) is 1.19. The summed E-state index contributed by atoms with van der Waals surface area (Å²) in [6.07, 6.45) is 0. The zero-order valence-corrected chi connectivity index (χ0v) is 17.2. The summed E-state index contributed by atoms with van der Waals surface area (Å²) in [4.78, 5) is 28.5. The maximum atomic E-state index is 13.1. The van der Waals surface area contributed by atoms with Crippen molar-refractivity contribution >= 4 is 34.7 Å². The molecule has 0 saturated carbocycles. The van der Waals surface area contributed by atoms with Gasteiger partial charge in [0.25, 0.3) is 5.91 Å². The molecule has 2 heterocycles. The van der Waals surface area contributed by atoms with E-state index in [2.05, 4.69) is 14.9 Å². The van der Waals surface area contributed by atoms with Crippen LogP contribution in [-0.2, 0) is 9.53 Å². The number of carbonyl (C=O) groups excluding carboxylic acids is 2. The number of nitrogens with one attached hydrogen (secondary N) is 1. The number of aryl methyl sites for hydroxylation is 1. The molecule has 0 aliphatic rings. The van der Waals surface area contributed by atoms with Crippen molar-refractivity contribution in [1.82, 2.24) is 19.8 Å². The van der Waals surface area contributed by atoms with Gasteiger partial charge in [0.05, 0.1) is 6.61 Å². The van der Waals surface area contributed by atoms with E-state index in [0.717, 1.165) is 22.0 Å². The van der Waals surface area contributed by atoms with E-state index in [9.17, 15) is 9.59 Å². The van der Waals surface area contributed by atoms with Crippen molar-refractivity contribution < 1.29 is 14.3 Å². The topological polar surface area (TPSA) is 84.4 Å². The zero-order valence-electron chi connectivity index (χ0n) is 15.6. The minimum atomic E-state index is -0.751. The van der Waals surface area contributed by atoms with Gasteiger partial charge < -0.3 is 15.0 Å². The highest BCUT2D eigenvalue weighted by atomic mass is 32.1. The molecule has 1 atom stereocenters. The molecular weight excluding hydrogens is 372 g/mol. The summed E-state index contributed by atoms with van der Waals surface area (Å²) in [7, 11) is 1.56. The lowest BCUT2D eigenvalue weighted by Gasteiger charge is -2.32. The van der Waals surface area contributed by atoms with E-state index in [1.807, 2.05) is 39.1 Å². The molecule has 0 fully saturated rings. The van der Waals surface area contributed by atoms with Crippen LogP contribution in [0.25, 0.3) is 0 Å². The lowest BCUT2D eigenvalue weighted by Crippen LogP contribution is -2.50. The third kappa shape index (κ3) is 5.09. The van der Waals surface area contributed by atoms with Crippen molar-refractivity contribution in [3.05, 3.63) is 33.0 Å². The fourth-order valence-electron chi connectivity index (χ4n) is 2.45. The van der Waals surface area contributed by atoms with Gasteiger partial charge in [-0.1, -0.05) is 4.49 Å². The monoisotopic (exact) mass is 396 g/mol. The van der Waals surface area contributed by atoms with Gasteiger partial charge in [0, 0.05) is 29.5 Å². The number of aromatic nitrogens is 2. The summed E-state index contributed by atoms with van der Waals surface area (Å²) < 4.78 is 8.93. The van der Waals surface area contributed by atoms with E-state index in [1.54, 1.807) is 12.5 Å². The number of thiophene rings is 1. The van der Waals surface area contributed by atoms with Crippen LogP contribution in [0.1, 0.15) is 47.7 Å². The van der Waals surface area contributed by atoms with E-state index < -0.39 is 11.6 Å². The highest BCUT2D eigenvalue weighted by Gasteiger charge is 2.35. The van der Waals surface area contributed by atoms with Crippen molar-refractivity contribution in [3.8, 4) is 0 Å². The van der Waals surface area contributed by atoms with E-state index in [1.165, 1.54) is 16.2 Å². The molecule has 0 aliphatic carbocycles. The average molecular weight is 397 g/mol. The summed E-state index contributed by atoms with van der Waals surface area (Å²) in [5.74, 6) is -0.562. The predicted octanol–water partition coefficient (Wildman–Crippen LogP) is 2.65. The Kier molecular flexibility index (Phi) is 6.85. The normalized spacial score (nSPS) is 12.7. The van der Waals surface area contributed by atoms with Crippen LogP contribution in [0.15, 0.2) is 16.8 Å². The highest BCUT2D eigenvalue weighted by Crippen LogP contribution is 2.30. The first-order valence-electron chi connectivity index (χ1n) is 8.17. The van der Waals surface area contributed by atoms with Crippen LogP contribution in [0.2, 0.25) is 0 Å². The van der Waals surface area contributed by atoms with Crippen LogP contribution < -0.4 is 5.32 Å². The Labute approximate surface area is 161 Å². The number of amides is 2. The van der Waals surface area contributed by atoms with Crippen LogP contribution in [0, 0.1) is 6.92 Å². The molecule has 1 unspecified atom stereocenters. The SMILES string of the molecule is COCCN(C(=O)c1csnn1)C(C(=O)NC(C)(C)C)c1sccc1C. The van der Waals surface area contributed by atoms with Crippen molar-refractivity contribution in [1.29, 1.82) is 0 Å². The van der Waals surface area contributed by atoms with E-state index >= 15 is 0 Å². The first-order chi connectivity index (χ1) is 12.2. The molecule has 2 aromatic heterocycles. The molecule has 142 valence electrons. The van der Waals surface area contributed by atoms with Crippen LogP contribution >= 0.6 is 22.9 Å². The number of methoxy groups -OCH3 is 1. The third-order valence-corrected chi connectivity index (χ3v) is 5.16. The number of hydrogen-bond donors (Lipinski definition) is 1. The van der Waals surface area contributed by atoms with Gasteiger partial charge in [0.15, 0.2) is 5.69 Å². The van der Waals surface area contributed by atoms with Gasteiger partial charge in [0.1, 0.15) is 6.04 Å². The fourth-order valence-corrected chi connectivity index (χ4v) is 3.91. The molecule has 2 rings (SSSR count). The Balaban J connectivity index is 2.45. The average Bonchev–Trinajstić information content (AvgIpc) is 3.21. The number of carbonyl (C=O) groups is 2. The molecule has 0 radical (unpaired) electrons. The number of ether oxygens (including phenoxy) is 1. The van der Waals surface area contributed by atoms with Crippen LogP contribution in [-0.4, -0.2) is 52.1 Å². The molecule has 9 heteroatoms. The molecule has 1 N–H and O–H groups in total. The van der Waals surface area contributed by atoms with Gasteiger partial charge in [-0.05, 0) is 56.2 Å². The van der Waals surface area contributed by atoms with E-state index in [-0.39, 0.29) is 24.1 Å². The summed E-state index contributed by atoms with van der Waals surface area (Å²) in [5.41, 5.74) is 0.781. The van der Waals surface area contributed by atoms with Crippen molar-refractivity contribution in [3.63, 3.8) is 0 Å². The predicted molar refractivity (Wildman–Crippen MR) is 103 cm³/mol. The summed E-state index contributed by atoms with van der Waals surface area (Å²) >= 11 is 2.56. The molecule has 0 aromatic carbocycles. The van der Waals surface area contributed by atoms with E-state index in [4.69, 9.17) is 4.74 Å². The summed E-state index contributed by atoms with van der Waals surface area (Å²) in [5, 5.41) is 10.4. The molecule has 0 spiro atoms. The number of hydrogen-bond acceptors (Lipinski definition) is 7. The fraction of sp³-hybridized carbons (Fsp3) is 0.529. The van der Waals surface area contributed by atoms with Crippen molar-refractivity contribution in [2.75, 3.05) is 20.3 Å². The standard InChI is InChI=1S/C17H24N4O3S2/c1-11-6-9-25-14(11)13(15(22)18-17(2,3)4)21(7-8-24-5)16(23)12-10-26-20-19-12/h6,9-10,13H,7-8H2,1-5H3,(H,18,22). The van der Waals surface area contributed by atoms with Gasteiger partial charge in [-0.15, -0.1) is 16.4 Å². The summed E-state index contributed by atoms with van der Waals surface area (Å²) in [6.45, 7) is 8.25. The second-order valence-corrected chi connectivity index (χ2v) is 8.45. The zero-order chi connectivity index (χ0) is 19.3. The van der Waals surface area contributed by atoms with Crippen LogP contribution in [0.4, 0.5) is 0 Å². The minimum absolute atomic E-state index is 0.226. The van der Waals surface area contributed by atoms with Gasteiger partial charge >= 0.3 is 0 Å². The number of rotatable bonds is 7. The van der Waals surface area contributed by atoms with Crippen molar-refractivity contribution in [2.24, 2.45) is 0 Å². The van der Waals surface area contributed by atoms with Gasteiger partial charge in [-0.3, -0.25) is 9.59 Å². The Morgan fingerprint density at radius 3 is 2.62 bits per heavy atom. The lowest BCUT2D eigenvalue weighted by molar-refractivity contribution is -0.127. The largest absolute Gasteiger partial charge is 0.383 e. The molecule has 7 nitrogen and oxygen atoms in total. The van der Waals surface area contributed by atoms with Crippen LogP contribution in [0.3, 0.4) is 0 Å². The third-order valence-electron chi connectivity index (χ3n) is 3.58. The second-order valence-electron chi connectivity index (χ2n) is 6.89. The Morgan fingerprint density at radius 1 is 1.38 bits per heavy atom. The first kappa shape index (κ1) is 20.5. The van der Waals surface area contributed by atoms with Gasteiger partial charge in [-0.25, -0.2) is 0 Å². The number of nitrogens with zero attached hydrogens (tertiary/aromatic N) is 3. The Hall–Kier alpha value is -1.84. The minimum Gasteiger partial charge on any atom is -0.383 e. The Morgan fingerprint density at radius 2 is 2.12 bits per heavy atom. The van der Waals surface area contributed by atoms with Gasteiger partial charge in [-0.2, -0.15) is 0 Å². The second kappa shape index (κ2) is 8.70. The molecule has 0 aliphatic heterocycles. The smallest absolute Gasteiger partial charge is 0.276 e.